The minimum atomic E-state index is 0.221. The average Bonchev–Trinajstić information content (AvgIpc) is 3.70. The van der Waals surface area contributed by atoms with E-state index in [0.29, 0.717) is 24.2 Å². The Kier molecular flexibility index (Phi) is 6.30. The van der Waals surface area contributed by atoms with E-state index in [1.807, 2.05) is 12.1 Å². The number of hydrogen-bond acceptors (Lipinski definition) is 3. The first kappa shape index (κ1) is 22.7. The maximum absolute atomic E-state index is 11.7. The molecule has 2 aromatic rings. The van der Waals surface area contributed by atoms with E-state index in [4.69, 9.17) is 4.74 Å². The highest BCUT2D eigenvalue weighted by Crippen LogP contribution is 2.58. The van der Waals surface area contributed by atoms with Crippen LogP contribution in [0.25, 0.3) is 5.57 Å². The van der Waals surface area contributed by atoms with E-state index in [1.165, 1.54) is 48.8 Å². The van der Waals surface area contributed by atoms with Crippen LogP contribution in [-0.4, -0.2) is 24.2 Å². The Balaban J connectivity index is 1.15. The summed E-state index contributed by atoms with van der Waals surface area (Å²) in [7, 11) is 0. The lowest BCUT2D eigenvalue weighted by Gasteiger charge is -2.52. The predicted molar refractivity (Wildman–Crippen MR) is 138 cm³/mol. The molecule has 5 saturated carbocycles. The van der Waals surface area contributed by atoms with Crippen molar-refractivity contribution in [3.63, 3.8) is 0 Å². The number of phenolic OH excluding ortho intramolecular Hbond substituents is 1. The van der Waals surface area contributed by atoms with Gasteiger partial charge in [-0.25, -0.2) is 0 Å². The minimum absolute atomic E-state index is 0.221. The second-order valence-electron chi connectivity index (χ2n) is 11.3. The molecule has 5 aliphatic carbocycles. The molecule has 0 aromatic heterocycles. The number of carbonyl (C=O) groups excluding carboxylic acids is 1. The van der Waals surface area contributed by atoms with Crippen LogP contribution in [0.1, 0.15) is 68.9 Å². The molecule has 184 valence electrons. The fourth-order valence-corrected chi connectivity index (χ4v) is 7.06. The van der Waals surface area contributed by atoms with Crippen LogP contribution in [0.15, 0.2) is 54.1 Å². The number of benzene rings is 2. The van der Waals surface area contributed by atoms with Gasteiger partial charge in [-0.3, -0.25) is 4.79 Å². The SMILES string of the molecule is O=C(NCCCCOc1ccc(C(=C2C3CC4CC(C3)CC2C4)c2ccc(O)cc2)cc1)C1CC1. The van der Waals surface area contributed by atoms with Gasteiger partial charge in [0, 0.05) is 12.5 Å². The zero-order chi connectivity index (χ0) is 23.8. The van der Waals surface area contributed by atoms with Gasteiger partial charge in [0.25, 0.3) is 0 Å². The largest absolute Gasteiger partial charge is 0.508 e. The van der Waals surface area contributed by atoms with Crippen molar-refractivity contribution in [2.75, 3.05) is 13.2 Å². The number of rotatable bonds is 9. The Hall–Kier alpha value is -2.75. The fourth-order valence-electron chi connectivity index (χ4n) is 7.06. The van der Waals surface area contributed by atoms with Gasteiger partial charge in [0.1, 0.15) is 11.5 Å². The first-order chi connectivity index (χ1) is 17.1. The van der Waals surface area contributed by atoms with Crippen molar-refractivity contribution in [2.24, 2.45) is 29.6 Å². The molecule has 2 N–H and O–H groups in total. The summed E-state index contributed by atoms with van der Waals surface area (Å²) in [4.78, 5) is 11.7. The van der Waals surface area contributed by atoms with Crippen LogP contribution in [0.3, 0.4) is 0 Å². The normalized spacial score (nSPS) is 26.6. The molecule has 0 saturated heterocycles. The summed E-state index contributed by atoms with van der Waals surface area (Å²) in [6, 6.07) is 16.4. The van der Waals surface area contributed by atoms with Crippen molar-refractivity contribution >= 4 is 11.5 Å². The molecule has 0 heterocycles. The summed E-state index contributed by atoms with van der Waals surface area (Å²) in [5.41, 5.74) is 5.53. The Morgan fingerprint density at radius 2 is 1.43 bits per heavy atom. The molecule has 1 amide bonds. The Labute approximate surface area is 208 Å². The van der Waals surface area contributed by atoms with Gasteiger partial charge in [-0.2, -0.15) is 0 Å². The fraction of sp³-hybridized carbons (Fsp3) is 0.516. The number of phenols is 1. The van der Waals surface area contributed by atoms with E-state index in [-0.39, 0.29) is 11.8 Å². The lowest BCUT2D eigenvalue weighted by Crippen LogP contribution is -2.40. The monoisotopic (exact) mass is 471 g/mol. The molecule has 0 spiro atoms. The number of nitrogens with one attached hydrogen (secondary N) is 1. The maximum Gasteiger partial charge on any atom is 0.223 e. The van der Waals surface area contributed by atoms with Gasteiger partial charge in [0.2, 0.25) is 5.91 Å². The number of ether oxygens (including phenoxy) is 1. The molecule has 0 unspecified atom stereocenters. The Morgan fingerprint density at radius 1 is 0.829 bits per heavy atom. The van der Waals surface area contributed by atoms with Crippen LogP contribution in [-0.2, 0) is 4.79 Å². The molecule has 4 nitrogen and oxygen atoms in total. The molecule has 4 heteroatoms. The third kappa shape index (κ3) is 4.98. The van der Waals surface area contributed by atoms with Gasteiger partial charge in [-0.05, 0) is 122 Å². The van der Waals surface area contributed by atoms with Crippen LogP contribution < -0.4 is 10.1 Å². The smallest absolute Gasteiger partial charge is 0.223 e. The van der Waals surface area contributed by atoms with E-state index in [1.54, 1.807) is 5.57 Å². The summed E-state index contributed by atoms with van der Waals surface area (Å²) in [6.45, 7) is 1.41. The number of allylic oxidation sites excluding steroid dienone is 1. The molecule has 0 radical (unpaired) electrons. The van der Waals surface area contributed by atoms with Gasteiger partial charge < -0.3 is 15.2 Å². The molecule has 5 aliphatic rings. The van der Waals surface area contributed by atoms with E-state index < -0.39 is 0 Å². The summed E-state index contributed by atoms with van der Waals surface area (Å²) in [6.07, 6.45) is 10.8. The third-order valence-corrected chi connectivity index (χ3v) is 8.69. The Morgan fingerprint density at radius 3 is 2.03 bits per heavy atom. The highest BCUT2D eigenvalue weighted by atomic mass is 16.5. The second-order valence-corrected chi connectivity index (χ2v) is 11.3. The number of hydrogen-bond donors (Lipinski definition) is 2. The summed E-state index contributed by atoms with van der Waals surface area (Å²) in [5.74, 6) is 5.01. The summed E-state index contributed by atoms with van der Waals surface area (Å²) >= 11 is 0. The molecule has 2 aromatic carbocycles. The second kappa shape index (κ2) is 9.72. The Bertz CT molecular complexity index is 1050. The standard InChI is InChI=1S/C31H37NO3/c33-27-9-5-22(6-10-27)29(30-25-16-20-15-21(18-25)19-26(30)17-20)23-7-11-28(12-8-23)35-14-2-1-13-32-31(34)24-3-4-24/h5-12,20-21,24-26,33H,1-4,13-19H2,(H,32,34). The molecular formula is C31H37NO3. The van der Waals surface area contributed by atoms with E-state index in [9.17, 15) is 9.90 Å². The molecule has 7 rings (SSSR count). The van der Waals surface area contributed by atoms with Crippen molar-refractivity contribution in [2.45, 2.75) is 57.8 Å². The van der Waals surface area contributed by atoms with Crippen molar-refractivity contribution < 1.29 is 14.6 Å². The maximum atomic E-state index is 11.7. The van der Waals surface area contributed by atoms with Crippen molar-refractivity contribution in [1.29, 1.82) is 0 Å². The number of amides is 1. The highest BCUT2D eigenvalue weighted by Gasteiger charge is 2.46. The zero-order valence-electron chi connectivity index (χ0n) is 20.5. The number of carbonyl (C=O) groups is 1. The van der Waals surface area contributed by atoms with Crippen LogP contribution in [0.5, 0.6) is 11.5 Å². The molecule has 5 fully saturated rings. The third-order valence-electron chi connectivity index (χ3n) is 8.69. The van der Waals surface area contributed by atoms with E-state index in [2.05, 4.69) is 41.7 Å². The van der Waals surface area contributed by atoms with Gasteiger partial charge in [0.15, 0.2) is 0 Å². The molecule has 35 heavy (non-hydrogen) atoms. The van der Waals surface area contributed by atoms with Crippen LogP contribution >= 0.6 is 0 Å². The van der Waals surface area contributed by atoms with Gasteiger partial charge in [-0.15, -0.1) is 0 Å². The topological polar surface area (TPSA) is 58.6 Å². The number of aromatic hydroxyl groups is 1. The summed E-state index contributed by atoms with van der Waals surface area (Å²) < 4.78 is 6.01. The summed E-state index contributed by atoms with van der Waals surface area (Å²) in [5, 5.41) is 12.9. The van der Waals surface area contributed by atoms with Gasteiger partial charge in [-0.1, -0.05) is 29.8 Å². The van der Waals surface area contributed by atoms with E-state index >= 15 is 0 Å². The molecule has 4 bridgehead atoms. The van der Waals surface area contributed by atoms with Crippen molar-refractivity contribution in [3.8, 4) is 11.5 Å². The van der Waals surface area contributed by atoms with Crippen LogP contribution in [0, 0.1) is 29.6 Å². The minimum Gasteiger partial charge on any atom is -0.508 e. The van der Waals surface area contributed by atoms with Gasteiger partial charge >= 0.3 is 0 Å². The van der Waals surface area contributed by atoms with Crippen LogP contribution in [0.2, 0.25) is 0 Å². The quantitative estimate of drug-likeness (QED) is 0.420. The van der Waals surface area contributed by atoms with E-state index in [0.717, 1.165) is 49.8 Å². The molecule has 0 atom stereocenters. The van der Waals surface area contributed by atoms with Crippen molar-refractivity contribution in [1.82, 2.24) is 5.32 Å². The zero-order valence-corrected chi connectivity index (χ0v) is 20.5. The molecule has 0 aliphatic heterocycles. The molecular weight excluding hydrogens is 434 g/mol. The van der Waals surface area contributed by atoms with Gasteiger partial charge in [0.05, 0.1) is 6.61 Å². The number of unbranched alkanes of at least 4 members (excludes halogenated alkanes) is 1. The predicted octanol–water partition coefficient (Wildman–Crippen LogP) is 6.34. The first-order valence-electron chi connectivity index (χ1n) is 13.7. The first-order valence-corrected chi connectivity index (χ1v) is 13.7. The lowest BCUT2D eigenvalue weighted by molar-refractivity contribution is -0.122. The van der Waals surface area contributed by atoms with Crippen LogP contribution in [0.4, 0.5) is 0 Å². The van der Waals surface area contributed by atoms with Crippen molar-refractivity contribution in [3.05, 3.63) is 65.2 Å². The highest BCUT2D eigenvalue weighted by molar-refractivity contribution is 5.83. The average molecular weight is 472 g/mol. The lowest BCUT2D eigenvalue weighted by atomic mass is 9.53.